The minimum absolute atomic E-state index is 0.247. The molecule has 0 saturated carbocycles. The largest absolute Gasteiger partial charge is 0.497 e. The fraction of sp³-hybridized carbons (Fsp3) is 0.250. The van der Waals surface area contributed by atoms with E-state index in [9.17, 15) is 4.79 Å². The first-order chi connectivity index (χ1) is 12.2. The molecule has 6 heteroatoms. The molecule has 2 aromatic rings. The molecule has 0 spiro atoms. The number of nitrogens with zero attached hydrogens (tertiary/aromatic N) is 1. The highest BCUT2D eigenvalue weighted by atomic mass is 35.5. The van der Waals surface area contributed by atoms with Gasteiger partial charge in [0.05, 0.1) is 28.4 Å². The lowest BCUT2D eigenvalue weighted by atomic mass is 9.89. The summed E-state index contributed by atoms with van der Waals surface area (Å²) < 4.78 is 5.32. The maximum Gasteiger partial charge on any atom is 0.327 e. The number of hydrogen-bond donors (Lipinski definition) is 1. The van der Waals surface area contributed by atoms with Gasteiger partial charge in [0.15, 0.2) is 0 Å². The lowest BCUT2D eigenvalue weighted by Crippen LogP contribution is -2.50. The zero-order chi connectivity index (χ0) is 19.1. The van der Waals surface area contributed by atoms with Crippen molar-refractivity contribution in [3.63, 3.8) is 0 Å². The van der Waals surface area contributed by atoms with Gasteiger partial charge in [-0.25, -0.2) is 4.79 Å². The van der Waals surface area contributed by atoms with Crippen LogP contribution in [0, 0.1) is 0 Å². The van der Waals surface area contributed by atoms with Gasteiger partial charge in [0.25, 0.3) is 0 Å². The van der Waals surface area contributed by atoms with E-state index in [1.54, 1.807) is 30.2 Å². The van der Waals surface area contributed by atoms with Crippen LogP contribution >= 0.6 is 23.2 Å². The number of methoxy groups -OCH3 is 1. The predicted molar refractivity (Wildman–Crippen MR) is 109 cm³/mol. The molecule has 2 aromatic carbocycles. The third kappa shape index (κ3) is 3.39. The normalized spacial score (nSPS) is 15.2. The second kappa shape index (κ2) is 6.86. The van der Waals surface area contributed by atoms with Gasteiger partial charge < -0.3 is 10.1 Å². The van der Waals surface area contributed by atoms with Crippen LogP contribution in [0.15, 0.2) is 42.5 Å². The first-order valence-corrected chi connectivity index (χ1v) is 8.92. The van der Waals surface area contributed by atoms with Crippen LogP contribution in [0.2, 0.25) is 10.0 Å². The number of ether oxygens (including phenoxy) is 1. The Morgan fingerprint density at radius 1 is 1.12 bits per heavy atom. The molecule has 0 bridgehead atoms. The van der Waals surface area contributed by atoms with Crippen molar-refractivity contribution < 1.29 is 9.53 Å². The summed E-state index contributed by atoms with van der Waals surface area (Å²) >= 11 is 12.0. The molecular weight excluding hydrogens is 371 g/mol. The molecule has 0 atom stereocenters. The number of carbonyl (C=O) groups excluding carboxylic acids is 1. The highest BCUT2D eigenvalue weighted by Gasteiger charge is 2.36. The lowest BCUT2D eigenvalue weighted by molar-refractivity contribution is 0.253. The predicted octanol–water partition coefficient (Wildman–Crippen LogP) is 6.24. The van der Waals surface area contributed by atoms with E-state index >= 15 is 0 Å². The van der Waals surface area contributed by atoms with Crippen molar-refractivity contribution in [2.75, 3.05) is 17.3 Å². The Labute approximate surface area is 163 Å². The number of amides is 2. The van der Waals surface area contributed by atoms with Crippen molar-refractivity contribution in [1.82, 2.24) is 0 Å². The van der Waals surface area contributed by atoms with E-state index in [-0.39, 0.29) is 6.03 Å². The molecule has 26 heavy (non-hydrogen) atoms. The van der Waals surface area contributed by atoms with Crippen LogP contribution in [0.5, 0.6) is 5.75 Å². The topological polar surface area (TPSA) is 41.6 Å². The zero-order valence-electron chi connectivity index (χ0n) is 15.1. The second-order valence-corrected chi connectivity index (χ2v) is 7.57. The third-order valence-corrected chi connectivity index (χ3v) is 5.13. The van der Waals surface area contributed by atoms with Gasteiger partial charge in [-0.3, -0.25) is 4.90 Å². The van der Waals surface area contributed by atoms with Crippen molar-refractivity contribution in [3.05, 3.63) is 58.1 Å². The van der Waals surface area contributed by atoms with Gasteiger partial charge >= 0.3 is 6.03 Å². The van der Waals surface area contributed by atoms with Crippen LogP contribution < -0.4 is 15.0 Å². The van der Waals surface area contributed by atoms with Crippen molar-refractivity contribution in [2.24, 2.45) is 0 Å². The molecule has 0 unspecified atom stereocenters. The summed E-state index contributed by atoms with van der Waals surface area (Å²) in [5.74, 6) is 0.751. The Bertz CT molecular complexity index is 907. The molecule has 1 N–H and O–H groups in total. The van der Waals surface area contributed by atoms with Crippen LogP contribution in [0.1, 0.15) is 26.3 Å². The molecule has 0 saturated heterocycles. The van der Waals surface area contributed by atoms with Crippen molar-refractivity contribution in [2.45, 2.75) is 26.3 Å². The fourth-order valence-electron chi connectivity index (χ4n) is 3.26. The van der Waals surface area contributed by atoms with Gasteiger partial charge in [0, 0.05) is 11.3 Å². The lowest BCUT2D eigenvalue weighted by Gasteiger charge is -2.41. The fourth-order valence-corrected chi connectivity index (χ4v) is 3.56. The number of allylic oxidation sites excluding steroid dienone is 1. The van der Waals surface area contributed by atoms with Gasteiger partial charge in [-0.05, 0) is 62.7 Å². The van der Waals surface area contributed by atoms with Crippen LogP contribution in [-0.4, -0.2) is 18.7 Å². The van der Waals surface area contributed by atoms with Crippen LogP contribution in [0.4, 0.5) is 16.2 Å². The summed E-state index contributed by atoms with van der Waals surface area (Å²) in [7, 11) is 1.63. The average molecular weight is 391 g/mol. The highest BCUT2D eigenvalue weighted by Crippen LogP contribution is 2.41. The van der Waals surface area contributed by atoms with Crippen molar-refractivity contribution in [1.29, 1.82) is 0 Å². The summed E-state index contributed by atoms with van der Waals surface area (Å²) in [5.41, 5.74) is 2.98. The maximum absolute atomic E-state index is 13.1. The van der Waals surface area contributed by atoms with Crippen LogP contribution in [-0.2, 0) is 0 Å². The number of hydrogen-bond acceptors (Lipinski definition) is 2. The molecule has 3 rings (SSSR count). The van der Waals surface area contributed by atoms with E-state index in [2.05, 4.69) is 11.4 Å². The summed E-state index contributed by atoms with van der Waals surface area (Å²) in [6.45, 7) is 6.03. The molecule has 1 aliphatic heterocycles. The molecule has 0 aliphatic carbocycles. The first kappa shape index (κ1) is 18.6. The molecule has 2 amide bonds. The Morgan fingerprint density at radius 2 is 1.85 bits per heavy atom. The number of rotatable bonds is 2. The average Bonchev–Trinajstić information content (AvgIpc) is 2.57. The minimum Gasteiger partial charge on any atom is -0.497 e. The molecule has 0 fully saturated rings. The standard InChI is InChI=1S/C20H20Cl2N2O2/c1-12-11-20(2,3)24(18-8-6-14(26-4)10-15(12)18)19(25)23-13-5-7-16(21)17(22)9-13/h5-11H,1-4H3,(H,23,25). The summed E-state index contributed by atoms with van der Waals surface area (Å²) in [4.78, 5) is 14.8. The van der Waals surface area contributed by atoms with E-state index in [0.29, 0.717) is 15.7 Å². The van der Waals surface area contributed by atoms with E-state index in [1.807, 2.05) is 39.0 Å². The molecular formula is C20H20Cl2N2O2. The number of halogens is 2. The molecule has 4 nitrogen and oxygen atoms in total. The van der Waals surface area contributed by atoms with Crippen molar-refractivity contribution in [3.8, 4) is 5.75 Å². The van der Waals surface area contributed by atoms with Crippen LogP contribution in [0.25, 0.3) is 5.57 Å². The number of carbonyl (C=O) groups is 1. The number of nitrogens with one attached hydrogen (secondary N) is 1. The Hall–Kier alpha value is -2.17. The van der Waals surface area contributed by atoms with E-state index < -0.39 is 5.54 Å². The highest BCUT2D eigenvalue weighted by molar-refractivity contribution is 6.42. The third-order valence-electron chi connectivity index (χ3n) is 4.39. The molecule has 0 aromatic heterocycles. The van der Waals surface area contributed by atoms with Gasteiger partial charge in [-0.15, -0.1) is 0 Å². The Balaban J connectivity index is 2.00. The van der Waals surface area contributed by atoms with Crippen molar-refractivity contribution >= 4 is 46.2 Å². The van der Waals surface area contributed by atoms with Gasteiger partial charge in [0.1, 0.15) is 5.75 Å². The summed E-state index contributed by atoms with van der Waals surface area (Å²) in [5, 5.41) is 3.74. The number of urea groups is 1. The van der Waals surface area contributed by atoms with Gasteiger partial charge in [0.2, 0.25) is 0 Å². The molecule has 0 radical (unpaired) electrons. The van der Waals surface area contributed by atoms with E-state index in [0.717, 1.165) is 22.6 Å². The molecule has 1 heterocycles. The quantitative estimate of drug-likeness (QED) is 0.659. The SMILES string of the molecule is COc1ccc2c(c1)C(C)=CC(C)(C)N2C(=O)Nc1ccc(Cl)c(Cl)c1. The molecule has 136 valence electrons. The Kier molecular flexibility index (Phi) is 4.91. The van der Waals surface area contributed by atoms with Gasteiger partial charge in [-0.2, -0.15) is 0 Å². The second-order valence-electron chi connectivity index (χ2n) is 6.76. The minimum atomic E-state index is -0.494. The summed E-state index contributed by atoms with van der Waals surface area (Å²) in [6.07, 6.45) is 2.07. The monoisotopic (exact) mass is 390 g/mol. The smallest absolute Gasteiger partial charge is 0.327 e. The number of fused-ring (bicyclic) bond motifs is 1. The molecule has 1 aliphatic rings. The van der Waals surface area contributed by atoms with E-state index in [1.165, 1.54) is 0 Å². The van der Waals surface area contributed by atoms with Gasteiger partial charge in [-0.1, -0.05) is 29.3 Å². The number of anilines is 2. The van der Waals surface area contributed by atoms with Crippen LogP contribution in [0.3, 0.4) is 0 Å². The maximum atomic E-state index is 13.1. The first-order valence-electron chi connectivity index (χ1n) is 8.17. The Morgan fingerprint density at radius 3 is 2.50 bits per heavy atom. The zero-order valence-corrected chi connectivity index (χ0v) is 16.6. The number of benzene rings is 2. The summed E-state index contributed by atoms with van der Waals surface area (Å²) in [6, 6.07) is 10.5. The van der Waals surface area contributed by atoms with E-state index in [4.69, 9.17) is 27.9 Å².